The Morgan fingerprint density at radius 2 is 1.41 bits per heavy atom. The van der Waals surface area contributed by atoms with E-state index in [0.717, 1.165) is 0 Å². The second-order valence-electron chi connectivity index (χ2n) is 6.19. The summed E-state index contributed by atoms with van der Waals surface area (Å²) in [5.41, 5.74) is 6.12. The van der Waals surface area contributed by atoms with Crippen molar-refractivity contribution >= 4 is 21.3 Å². The summed E-state index contributed by atoms with van der Waals surface area (Å²) in [7, 11) is -4.26. The van der Waals surface area contributed by atoms with Gasteiger partial charge in [0.1, 0.15) is 10.7 Å². The van der Waals surface area contributed by atoms with Crippen molar-refractivity contribution in [2.45, 2.75) is 10.9 Å². The van der Waals surface area contributed by atoms with Gasteiger partial charge in [0, 0.05) is 11.6 Å². The fraction of sp³-hybridized carbons (Fsp3) is 0.0476. The molecule has 0 saturated carbocycles. The van der Waals surface area contributed by atoms with Gasteiger partial charge in [-0.3, -0.25) is 10.1 Å². The molecule has 0 radical (unpaired) electrons. The van der Waals surface area contributed by atoms with E-state index in [2.05, 4.69) is 0 Å². The van der Waals surface area contributed by atoms with Crippen molar-refractivity contribution in [1.82, 2.24) is 0 Å². The van der Waals surface area contributed by atoms with Crippen molar-refractivity contribution < 1.29 is 18.4 Å². The molecular weight excluding hydrogens is 392 g/mol. The third kappa shape index (κ3) is 4.03. The predicted octanol–water partition coefficient (Wildman–Crippen LogP) is 4.00. The molecule has 3 aromatic carbocycles. The molecule has 0 aliphatic carbocycles. The number of aliphatic hydroxyl groups is 1. The molecule has 29 heavy (non-hydrogen) atoms. The van der Waals surface area contributed by atoms with Gasteiger partial charge >= 0.3 is 0 Å². The van der Waals surface area contributed by atoms with E-state index in [-0.39, 0.29) is 21.7 Å². The zero-order chi connectivity index (χ0) is 21.0. The van der Waals surface area contributed by atoms with E-state index >= 15 is 0 Å². The molecule has 8 heteroatoms. The van der Waals surface area contributed by atoms with E-state index in [9.17, 15) is 23.6 Å². The van der Waals surface area contributed by atoms with Crippen LogP contribution in [0.2, 0.25) is 0 Å². The molecule has 0 spiro atoms. The number of nitrogens with zero attached hydrogens (tertiary/aromatic N) is 1. The largest absolute Gasteiger partial charge is 0.506 e. The minimum absolute atomic E-state index is 0.0190. The van der Waals surface area contributed by atoms with Gasteiger partial charge in [0.25, 0.3) is 5.69 Å². The maximum Gasteiger partial charge on any atom is 0.274 e. The maximum atomic E-state index is 13.4. The van der Waals surface area contributed by atoms with E-state index in [1.807, 2.05) is 0 Å². The number of para-hydroxylation sites is 1. The summed E-state index contributed by atoms with van der Waals surface area (Å²) in [5, 5.41) is 22.3. The Bertz CT molecular complexity index is 1160. The van der Waals surface area contributed by atoms with Gasteiger partial charge in [0.05, 0.1) is 21.4 Å². The lowest BCUT2D eigenvalue weighted by molar-refractivity contribution is -0.385. The Morgan fingerprint density at radius 1 is 0.897 bits per heavy atom. The number of hydrogen-bond donors (Lipinski definition) is 2. The number of nitro groups is 1. The summed E-state index contributed by atoms with van der Waals surface area (Å²) in [6, 6.07) is 19.7. The molecule has 148 valence electrons. The number of nitro benzene ring substituents is 1. The fourth-order valence-electron chi connectivity index (χ4n) is 2.96. The van der Waals surface area contributed by atoms with Crippen molar-refractivity contribution in [3.8, 4) is 0 Å². The SMILES string of the molecule is NC(/C(=C(\O)c1ccccc1)S(=O)(=O)c1ccccc1)c1ccccc1[N+](=O)[O-]. The molecule has 0 saturated heterocycles. The first kappa shape index (κ1) is 20.2. The van der Waals surface area contributed by atoms with Gasteiger partial charge in [0.15, 0.2) is 0 Å². The number of hydrogen-bond acceptors (Lipinski definition) is 6. The molecule has 0 bridgehead atoms. The Balaban J connectivity index is 2.29. The van der Waals surface area contributed by atoms with Crippen molar-refractivity contribution in [3.05, 3.63) is 111 Å². The minimum Gasteiger partial charge on any atom is -0.506 e. The quantitative estimate of drug-likeness (QED) is 0.360. The van der Waals surface area contributed by atoms with Crippen LogP contribution in [0.15, 0.2) is 94.7 Å². The molecule has 1 unspecified atom stereocenters. The highest BCUT2D eigenvalue weighted by Crippen LogP contribution is 2.37. The predicted molar refractivity (Wildman–Crippen MR) is 110 cm³/mol. The fourth-order valence-corrected chi connectivity index (χ4v) is 4.57. The molecule has 0 heterocycles. The third-order valence-corrected chi connectivity index (χ3v) is 6.29. The molecular formula is C21H18N2O5S. The van der Waals surface area contributed by atoms with Crippen molar-refractivity contribution in [2.24, 2.45) is 5.73 Å². The molecule has 0 fully saturated rings. The minimum atomic E-state index is -4.26. The standard InChI is InChI=1S/C21H18N2O5S/c22-19(17-13-7-8-14-18(17)23(25)26)21(20(24)15-9-3-1-4-10-15)29(27,28)16-11-5-2-6-12-16/h1-14,19,24H,22H2/b21-20+. The summed E-state index contributed by atoms with van der Waals surface area (Å²) in [6.45, 7) is 0. The number of sulfone groups is 1. The van der Waals surface area contributed by atoms with Crippen LogP contribution in [-0.2, 0) is 9.84 Å². The number of benzene rings is 3. The second-order valence-corrected chi connectivity index (χ2v) is 8.11. The first-order valence-electron chi connectivity index (χ1n) is 8.61. The number of nitrogens with two attached hydrogens (primary N) is 1. The number of aliphatic hydroxyl groups excluding tert-OH is 1. The Kier molecular flexibility index (Phi) is 5.76. The highest BCUT2D eigenvalue weighted by atomic mass is 32.2. The molecule has 3 N–H and O–H groups in total. The summed E-state index contributed by atoms with van der Waals surface area (Å²) < 4.78 is 26.8. The molecule has 0 aliphatic heterocycles. The molecule has 3 aromatic rings. The zero-order valence-corrected chi connectivity index (χ0v) is 16.0. The molecule has 0 aromatic heterocycles. The van der Waals surface area contributed by atoms with Crippen LogP contribution in [0.25, 0.3) is 5.76 Å². The third-order valence-electron chi connectivity index (χ3n) is 4.37. The molecule has 1 atom stereocenters. The lowest BCUT2D eigenvalue weighted by Gasteiger charge is -2.19. The van der Waals surface area contributed by atoms with Gasteiger partial charge < -0.3 is 10.8 Å². The van der Waals surface area contributed by atoms with E-state index in [1.165, 1.54) is 48.5 Å². The Hall–Kier alpha value is -3.49. The summed E-state index contributed by atoms with van der Waals surface area (Å²) in [6.07, 6.45) is 0. The van der Waals surface area contributed by atoms with Crippen LogP contribution < -0.4 is 5.73 Å². The van der Waals surface area contributed by atoms with Crippen LogP contribution >= 0.6 is 0 Å². The first-order valence-corrected chi connectivity index (χ1v) is 10.1. The molecule has 3 rings (SSSR count). The number of rotatable bonds is 6. The lowest BCUT2D eigenvalue weighted by atomic mass is 10.0. The highest BCUT2D eigenvalue weighted by molar-refractivity contribution is 7.95. The highest BCUT2D eigenvalue weighted by Gasteiger charge is 2.34. The van der Waals surface area contributed by atoms with E-state index in [4.69, 9.17) is 5.73 Å². The van der Waals surface area contributed by atoms with Gasteiger partial charge in [-0.15, -0.1) is 0 Å². The van der Waals surface area contributed by atoms with E-state index in [0.29, 0.717) is 0 Å². The summed E-state index contributed by atoms with van der Waals surface area (Å²) >= 11 is 0. The first-order chi connectivity index (χ1) is 13.8. The van der Waals surface area contributed by atoms with Gasteiger partial charge in [-0.2, -0.15) is 0 Å². The van der Waals surface area contributed by atoms with Crippen LogP contribution in [-0.4, -0.2) is 18.4 Å². The monoisotopic (exact) mass is 410 g/mol. The van der Waals surface area contributed by atoms with E-state index in [1.54, 1.807) is 36.4 Å². The van der Waals surface area contributed by atoms with Crippen molar-refractivity contribution in [2.75, 3.05) is 0 Å². The van der Waals surface area contributed by atoms with Crippen molar-refractivity contribution in [1.29, 1.82) is 0 Å². The normalized spacial score (nSPS) is 13.4. The zero-order valence-electron chi connectivity index (χ0n) is 15.2. The maximum absolute atomic E-state index is 13.4. The van der Waals surface area contributed by atoms with Crippen LogP contribution in [0.1, 0.15) is 17.2 Å². The molecule has 7 nitrogen and oxygen atoms in total. The Morgan fingerprint density at radius 3 is 2.00 bits per heavy atom. The Labute approximate surface area is 167 Å². The smallest absolute Gasteiger partial charge is 0.274 e. The van der Waals surface area contributed by atoms with Crippen LogP contribution in [0.5, 0.6) is 0 Å². The topological polar surface area (TPSA) is 124 Å². The van der Waals surface area contributed by atoms with Crippen LogP contribution in [0.3, 0.4) is 0 Å². The van der Waals surface area contributed by atoms with Gasteiger partial charge in [0.2, 0.25) is 9.84 Å². The second kappa shape index (κ2) is 8.26. The van der Waals surface area contributed by atoms with Gasteiger partial charge in [-0.25, -0.2) is 8.42 Å². The van der Waals surface area contributed by atoms with Crippen LogP contribution in [0.4, 0.5) is 5.69 Å². The van der Waals surface area contributed by atoms with Gasteiger partial charge in [-0.1, -0.05) is 66.7 Å². The molecule has 0 aliphatic rings. The van der Waals surface area contributed by atoms with Crippen molar-refractivity contribution in [3.63, 3.8) is 0 Å². The average Bonchev–Trinajstić information content (AvgIpc) is 2.74. The summed E-state index contributed by atoms with van der Waals surface area (Å²) in [4.78, 5) is 10.2. The van der Waals surface area contributed by atoms with Crippen LogP contribution in [0, 0.1) is 10.1 Å². The summed E-state index contributed by atoms with van der Waals surface area (Å²) in [5.74, 6) is -0.555. The molecule has 0 amide bonds. The van der Waals surface area contributed by atoms with Gasteiger partial charge in [-0.05, 0) is 12.1 Å². The average molecular weight is 410 g/mol. The lowest BCUT2D eigenvalue weighted by Crippen LogP contribution is -2.22. The van der Waals surface area contributed by atoms with E-state index < -0.39 is 31.5 Å².